The SMILES string of the molecule is COc1ccc2occ(NC(=O)C=O)c(=O)c2c1. The minimum absolute atomic E-state index is 0.0786. The third-order valence-corrected chi connectivity index (χ3v) is 2.34. The van der Waals surface area contributed by atoms with Gasteiger partial charge in [0.15, 0.2) is 0 Å². The maximum atomic E-state index is 12.0. The summed E-state index contributed by atoms with van der Waals surface area (Å²) in [6, 6.07) is 4.73. The molecule has 0 atom stereocenters. The van der Waals surface area contributed by atoms with Gasteiger partial charge in [0.25, 0.3) is 5.91 Å². The van der Waals surface area contributed by atoms with Crippen LogP contribution in [0.15, 0.2) is 33.7 Å². The fraction of sp³-hybridized carbons (Fsp3) is 0.0833. The number of hydrogen-bond acceptors (Lipinski definition) is 5. The second-order valence-electron chi connectivity index (χ2n) is 3.45. The third kappa shape index (κ3) is 2.08. The van der Waals surface area contributed by atoms with Crippen molar-refractivity contribution in [3.8, 4) is 5.75 Å². The Balaban J connectivity index is 2.58. The van der Waals surface area contributed by atoms with Gasteiger partial charge in [-0.05, 0) is 18.2 Å². The Bertz CT molecular complexity index is 674. The molecular weight excluding hydrogens is 238 g/mol. The Labute approximate surface area is 101 Å². The molecule has 1 heterocycles. The molecule has 0 saturated heterocycles. The first kappa shape index (κ1) is 11.8. The predicted octanol–water partition coefficient (Wildman–Crippen LogP) is 0.939. The molecule has 2 rings (SSSR count). The van der Waals surface area contributed by atoms with Crippen LogP contribution in [0.4, 0.5) is 5.69 Å². The maximum absolute atomic E-state index is 12.0. The van der Waals surface area contributed by atoms with Crippen LogP contribution < -0.4 is 15.5 Å². The highest BCUT2D eigenvalue weighted by Crippen LogP contribution is 2.19. The van der Waals surface area contributed by atoms with Gasteiger partial charge in [0.2, 0.25) is 11.7 Å². The molecule has 6 heteroatoms. The summed E-state index contributed by atoms with van der Waals surface area (Å²) in [5.74, 6) is -0.418. The van der Waals surface area contributed by atoms with Crippen molar-refractivity contribution in [1.82, 2.24) is 0 Å². The fourth-order valence-corrected chi connectivity index (χ4v) is 1.49. The lowest BCUT2D eigenvalue weighted by molar-refractivity contribution is -0.127. The Morgan fingerprint density at radius 2 is 2.22 bits per heavy atom. The van der Waals surface area contributed by atoms with E-state index in [1.165, 1.54) is 13.2 Å². The summed E-state index contributed by atoms with van der Waals surface area (Å²) in [4.78, 5) is 33.1. The third-order valence-electron chi connectivity index (χ3n) is 2.34. The van der Waals surface area contributed by atoms with Crippen LogP contribution in [0.25, 0.3) is 11.0 Å². The molecule has 92 valence electrons. The number of ether oxygens (including phenoxy) is 1. The summed E-state index contributed by atoms with van der Waals surface area (Å²) >= 11 is 0. The molecule has 1 amide bonds. The van der Waals surface area contributed by atoms with Crippen LogP contribution in [-0.2, 0) is 9.59 Å². The molecular formula is C12H9NO5. The van der Waals surface area contributed by atoms with Gasteiger partial charge in [-0.2, -0.15) is 0 Å². The normalized spacial score (nSPS) is 10.1. The lowest BCUT2D eigenvalue weighted by Gasteiger charge is -2.04. The monoisotopic (exact) mass is 247 g/mol. The summed E-state index contributed by atoms with van der Waals surface area (Å²) < 4.78 is 10.2. The van der Waals surface area contributed by atoms with Crippen LogP contribution in [0.5, 0.6) is 5.75 Å². The van der Waals surface area contributed by atoms with Gasteiger partial charge in [-0.25, -0.2) is 0 Å². The predicted molar refractivity (Wildman–Crippen MR) is 63.7 cm³/mol. The average molecular weight is 247 g/mol. The van der Waals surface area contributed by atoms with Gasteiger partial charge in [0.1, 0.15) is 23.3 Å². The zero-order valence-electron chi connectivity index (χ0n) is 9.43. The molecule has 6 nitrogen and oxygen atoms in total. The Morgan fingerprint density at radius 3 is 2.89 bits per heavy atom. The number of anilines is 1. The van der Waals surface area contributed by atoms with Gasteiger partial charge in [-0.1, -0.05) is 0 Å². The zero-order valence-corrected chi connectivity index (χ0v) is 9.43. The Hall–Kier alpha value is -2.63. The van der Waals surface area contributed by atoms with Crippen molar-refractivity contribution in [2.75, 3.05) is 12.4 Å². The highest BCUT2D eigenvalue weighted by molar-refractivity contribution is 6.29. The van der Waals surface area contributed by atoms with Crippen LogP contribution in [-0.4, -0.2) is 19.3 Å². The first-order chi connectivity index (χ1) is 8.65. The molecule has 0 spiro atoms. The Morgan fingerprint density at radius 1 is 1.44 bits per heavy atom. The van der Waals surface area contributed by atoms with Gasteiger partial charge in [-0.3, -0.25) is 14.4 Å². The molecule has 0 aliphatic carbocycles. The van der Waals surface area contributed by atoms with Crippen molar-refractivity contribution >= 4 is 28.8 Å². The smallest absolute Gasteiger partial charge is 0.288 e. The maximum Gasteiger partial charge on any atom is 0.288 e. The van der Waals surface area contributed by atoms with Crippen LogP contribution in [0.1, 0.15) is 0 Å². The van der Waals surface area contributed by atoms with Gasteiger partial charge < -0.3 is 14.5 Å². The molecule has 0 fully saturated rings. The first-order valence-corrected chi connectivity index (χ1v) is 5.01. The van der Waals surface area contributed by atoms with E-state index < -0.39 is 11.3 Å². The highest BCUT2D eigenvalue weighted by atomic mass is 16.5. The molecule has 0 radical (unpaired) electrons. The number of aldehydes is 1. The first-order valence-electron chi connectivity index (χ1n) is 5.01. The molecule has 1 N–H and O–H groups in total. The minimum Gasteiger partial charge on any atom is -0.497 e. The van der Waals surface area contributed by atoms with E-state index in [0.717, 1.165) is 6.26 Å². The standard InChI is InChI=1S/C12H9NO5/c1-17-7-2-3-10-8(4-7)12(16)9(6-18-10)13-11(15)5-14/h2-6H,1H3,(H,13,15). The number of benzene rings is 1. The number of amides is 1. The molecule has 1 aromatic heterocycles. The molecule has 0 bridgehead atoms. The average Bonchev–Trinajstić information content (AvgIpc) is 2.41. The van der Waals surface area contributed by atoms with Gasteiger partial charge in [-0.15, -0.1) is 0 Å². The molecule has 0 unspecified atom stereocenters. The number of rotatable bonds is 3. The van der Waals surface area contributed by atoms with E-state index in [0.29, 0.717) is 11.3 Å². The minimum atomic E-state index is -0.912. The van der Waals surface area contributed by atoms with E-state index >= 15 is 0 Å². The van der Waals surface area contributed by atoms with Crippen molar-refractivity contribution in [3.63, 3.8) is 0 Å². The van der Waals surface area contributed by atoms with Gasteiger partial charge >= 0.3 is 0 Å². The van der Waals surface area contributed by atoms with E-state index in [1.54, 1.807) is 12.1 Å². The van der Waals surface area contributed by atoms with Crippen molar-refractivity contribution < 1.29 is 18.7 Å². The largest absolute Gasteiger partial charge is 0.497 e. The van der Waals surface area contributed by atoms with Crippen molar-refractivity contribution in [2.45, 2.75) is 0 Å². The van der Waals surface area contributed by atoms with Crippen LogP contribution in [0.2, 0.25) is 0 Å². The van der Waals surface area contributed by atoms with Gasteiger partial charge in [0, 0.05) is 0 Å². The van der Waals surface area contributed by atoms with E-state index in [2.05, 4.69) is 5.32 Å². The van der Waals surface area contributed by atoms with Gasteiger partial charge in [0.05, 0.1) is 12.5 Å². The fourth-order valence-electron chi connectivity index (χ4n) is 1.49. The molecule has 0 aliphatic rings. The van der Waals surface area contributed by atoms with Crippen LogP contribution in [0, 0.1) is 0 Å². The number of carbonyl (C=O) groups excluding carboxylic acids is 2. The summed E-state index contributed by atoms with van der Waals surface area (Å²) in [6.45, 7) is 0. The van der Waals surface area contributed by atoms with Crippen molar-refractivity contribution in [1.29, 1.82) is 0 Å². The topological polar surface area (TPSA) is 85.6 Å². The summed E-state index contributed by atoms with van der Waals surface area (Å²) in [5, 5.41) is 2.40. The molecule has 0 saturated carbocycles. The van der Waals surface area contributed by atoms with Crippen LogP contribution in [0.3, 0.4) is 0 Å². The van der Waals surface area contributed by atoms with Crippen molar-refractivity contribution in [3.05, 3.63) is 34.7 Å². The van der Waals surface area contributed by atoms with Crippen molar-refractivity contribution in [2.24, 2.45) is 0 Å². The number of hydrogen-bond donors (Lipinski definition) is 1. The second-order valence-corrected chi connectivity index (χ2v) is 3.45. The molecule has 2 aromatic rings. The second kappa shape index (κ2) is 4.70. The lowest BCUT2D eigenvalue weighted by Crippen LogP contribution is -2.18. The summed E-state index contributed by atoms with van der Waals surface area (Å²) in [5.41, 5.74) is -0.164. The number of methoxy groups -OCH3 is 1. The number of carbonyl (C=O) groups is 2. The molecule has 18 heavy (non-hydrogen) atoms. The Kier molecular flexibility index (Phi) is 3.09. The number of fused-ring (bicyclic) bond motifs is 1. The summed E-state index contributed by atoms with van der Waals surface area (Å²) in [6.07, 6.45) is 1.17. The van der Waals surface area contributed by atoms with E-state index in [-0.39, 0.29) is 17.4 Å². The quantitative estimate of drug-likeness (QED) is 0.644. The molecule has 1 aromatic carbocycles. The number of nitrogens with one attached hydrogen (secondary N) is 1. The van der Waals surface area contributed by atoms with E-state index in [9.17, 15) is 14.4 Å². The zero-order chi connectivity index (χ0) is 13.1. The molecule has 0 aliphatic heterocycles. The van der Waals surface area contributed by atoms with E-state index in [4.69, 9.17) is 9.15 Å². The summed E-state index contributed by atoms with van der Waals surface area (Å²) in [7, 11) is 1.47. The highest BCUT2D eigenvalue weighted by Gasteiger charge is 2.10. The van der Waals surface area contributed by atoms with Crippen LogP contribution >= 0.6 is 0 Å². The lowest BCUT2D eigenvalue weighted by atomic mass is 10.2. The van der Waals surface area contributed by atoms with E-state index in [1.807, 2.05) is 0 Å².